The van der Waals surface area contributed by atoms with E-state index >= 15 is 0 Å². The van der Waals surface area contributed by atoms with Crippen molar-refractivity contribution in [3.8, 4) is 5.75 Å². The molecule has 0 saturated heterocycles. The van der Waals surface area contributed by atoms with Crippen molar-refractivity contribution >= 4 is 11.6 Å². The standard InChI is InChI=1S/C20H19ClN2O3/c1-15-13-22(11-12-26-18-9-7-17(21)8-10-18)20(25)23(19(15)24)14-16-5-3-2-4-6-16/h2-10,13H,11-12,14H2,1H3. The monoisotopic (exact) mass is 370 g/mol. The highest BCUT2D eigenvalue weighted by atomic mass is 35.5. The highest BCUT2D eigenvalue weighted by molar-refractivity contribution is 6.30. The summed E-state index contributed by atoms with van der Waals surface area (Å²) in [7, 11) is 0. The normalized spacial score (nSPS) is 10.7. The van der Waals surface area contributed by atoms with Gasteiger partial charge in [-0.1, -0.05) is 41.9 Å². The molecule has 5 nitrogen and oxygen atoms in total. The lowest BCUT2D eigenvalue weighted by Crippen LogP contribution is -2.41. The Labute approximate surface area is 156 Å². The number of rotatable bonds is 6. The lowest BCUT2D eigenvalue weighted by atomic mass is 10.2. The zero-order valence-corrected chi connectivity index (χ0v) is 15.1. The molecule has 0 N–H and O–H groups in total. The highest BCUT2D eigenvalue weighted by Gasteiger charge is 2.09. The van der Waals surface area contributed by atoms with E-state index in [2.05, 4.69) is 0 Å². The Hall–Kier alpha value is -2.79. The maximum absolute atomic E-state index is 12.7. The number of aromatic nitrogens is 2. The van der Waals surface area contributed by atoms with Crippen molar-refractivity contribution in [1.82, 2.24) is 9.13 Å². The van der Waals surface area contributed by atoms with Gasteiger partial charge in [-0.15, -0.1) is 0 Å². The van der Waals surface area contributed by atoms with Crippen LogP contribution in [0.25, 0.3) is 0 Å². The lowest BCUT2D eigenvalue weighted by Gasteiger charge is -2.12. The van der Waals surface area contributed by atoms with Gasteiger partial charge in [0, 0.05) is 16.8 Å². The maximum Gasteiger partial charge on any atom is 0.331 e. The van der Waals surface area contributed by atoms with Gasteiger partial charge >= 0.3 is 5.69 Å². The number of hydrogen-bond acceptors (Lipinski definition) is 3. The first-order valence-corrected chi connectivity index (χ1v) is 8.65. The summed E-state index contributed by atoms with van der Waals surface area (Å²) in [5, 5.41) is 0.636. The van der Waals surface area contributed by atoms with Crippen LogP contribution in [0.15, 0.2) is 70.4 Å². The molecular weight excluding hydrogens is 352 g/mol. The summed E-state index contributed by atoms with van der Waals surface area (Å²) >= 11 is 5.85. The molecule has 0 fully saturated rings. The van der Waals surface area contributed by atoms with Crippen LogP contribution in [0.4, 0.5) is 0 Å². The summed E-state index contributed by atoms with van der Waals surface area (Å²) in [6.45, 7) is 2.61. The second-order valence-electron chi connectivity index (χ2n) is 5.97. The molecule has 0 aliphatic carbocycles. The average Bonchev–Trinajstić information content (AvgIpc) is 2.65. The van der Waals surface area contributed by atoms with E-state index in [1.807, 2.05) is 30.3 Å². The number of halogens is 1. The molecule has 3 rings (SSSR count). The third-order valence-corrected chi connectivity index (χ3v) is 4.26. The average molecular weight is 371 g/mol. The van der Waals surface area contributed by atoms with Gasteiger partial charge in [0.15, 0.2) is 0 Å². The van der Waals surface area contributed by atoms with E-state index < -0.39 is 0 Å². The van der Waals surface area contributed by atoms with Crippen molar-refractivity contribution < 1.29 is 4.74 Å². The molecule has 1 aromatic heterocycles. The van der Waals surface area contributed by atoms with Gasteiger partial charge in [-0.05, 0) is 36.8 Å². The van der Waals surface area contributed by atoms with Crippen LogP contribution in [-0.2, 0) is 13.1 Å². The summed E-state index contributed by atoms with van der Waals surface area (Å²) in [6, 6.07) is 16.5. The molecule has 2 aromatic carbocycles. The molecule has 0 radical (unpaired) electrons. The van der Waals surface area contributed by atoms with Crippen molar-refractivity contribution in [2.24, 2.45) is 0 Å². The highest BCUT2D eigenvalue weighted by Crippen LogP contribution is 2.15. The molecule has 0 amide bonds. The van der Waals surface area contributed by atoms with Gasteiger partial charge < -0.3 is 4.74 Å². The summed E-state index contributed by atoms with van der Waals surface area (Å²) in [4.78, 5) is 25.1. The Bertz CT molecular complexity index is 992. The van der Waals surface area contributed by atoms with Crippen LogP contribution in [0.3, 0.4) is 0 Å². The summed E-state index contributed by atoms with van der Waals surface area (Å²) in [5.74, 6) is 0.678. The summed E-state index contributed by atoms with van der Waals surface area (Å²) < 4.78 is 8.41. The molecule has 0 aliphatic rings. The first kappa shape index (κ1) is 18.0. The van der Waals surface area contributed by atoms with Crippen LogP contribution in [0.2, 0.25) is 5.02 Å². The predicted molar refractivity (Wildman–Crippen MR) is 102 cm³/mol. The van der Waals surface area contributed by atoms with Crippen LogP contribution in [0.1, 0.15) is 11.1 Å². The second kappa shape index (κ2) is 8.06. The van der Waals surface area contributed by atoms with Crippen LogP contribution in [0.5, 0.6) is 5.75 Å². The number of ether oxygens (including phenoxy) is 1. The molecule has 0 aliphatic heterocycles. The first-order chi connectivity index (χ1) is 12.5. The SMILES string of the molecule is Cc1cn(CCOc2ccc(Cl)cc2)c(=O)n(Cc2ccccc2)c1=O. The molecular formula is C20H19ClN2O3. The molecule has 134 valence electrons. The van der Waals surface area contributed by atoms with Gasteiger partial charge in [0.1, 0.15) is 12.4 Å². The van der Waals surface area contributed by atoms with Gasteiger partial charge in [0.25, 0.3) is 5.56 Å². The van der Waals surface area contributed by atoms with Crippen molar-refractivity contribution in [2.75, 3.05) is 6.61 Å². The number of nitrogens with zero attached hydrogens (tertiary/aromatic N) is 2. The van der Waals surface area contributed by atoms with Gasteiger partial charge in [-0.3, -0.25) is 13.9 Å². The van der Waals surface area contributed by atoms with E-state index in [-0.39, 0.29) is 17.8 Å². The zero-order chi connectivity index (χ0) is 18.5. The molecule has 0 unspecified atom stereocenters. The lowest BCUT2D eigenvalue weighted by molar-refractivity contribution is 0.293. The van der Waals surface area contributed by atoms with E-state index in [0.717, 1.165) is 5.56 Å². The number of aryl methyl sites for hydroxylation is 1. The minimum Gasteiger partial charge on any atom is -0.492 e. The maximum atomic E-state index is 12.7. The third kappa shape index (κ3) is 4.24. The Morgan fingerprint density at radius 3 is 2.38 bits per heavy atom. The molecule has 0 atom stereocenters. The molecule has 1 heterocycles. The second-order valence-corrected chi connectivity index (χ2v) is 6.40. The Balaban J connectivity index is 1.78. The quantitative estimate of drug-likeness (QED) is 0.670. The van der Waals surface area contributed by atoms with E-state index in [9.17, 15) is 9.59 Å². The van der Waals surface area contributed by atoms with Crippen molar-refractivity contribution in [2.45, 2.75) is 20.0 Å². The molecule has 0 spiro atoms. The van der Waals surface area contributed by atoms with E-state index in [1.54, 1.807) is 37.4 Å². The molecule has 6 heteroatoms. The zero-order valence-electron chi connectivity index (χ0n) is 14.4. The summed E-state index contributed by atoms with van der Waals surface area (Å²) in [5.41, 5.74) is 0.811. The van der Waals surface area contributed by atoms with Crippen molar-refractivity contribution in [3.63, 3.8) is 0 Å². The molecule has 0 saturated carbocycles. The topological polar surface area (TPSA) is 53.2 Å². The van der Waals surface area contributed by atoms with E-state index in [4.69, 9.17) is 16.3 Å². The summed E-state index contributed by atoms with van der Waals surface area (Å²) in [6.07, 6.45) is 1.58. The minimum absolute atomic E-state index is 0.248. The van der Waals surface area contributed by atoms with Gasteiger partial charge in [-0.2, -0.15) is 0 Å². The van der Waals surface area contributed by atoms with Crippen LogP contribution >= 0.6 is 11.6 Å². The molecule has 26 heavy (non-hydrogen) atoms. The van der Waals surface area contributed by atoms with Crippen LogP contribution < -0.4 is 16.0 Å². The minimum atomic E-state index is -0.343. The van der Waals surface area contributed by atoms with Gasteiger partial charge in [0.05, 0.1) is 13.1 Å². The molecule has 3 aromatic rings. The smallest absolute Gasteiger partial charge is 0.331 e. The van der Waals surface area contributed by atoms with Gasteiger partial charge in [-0.25, -0.2) is 4.79 Å². The van der Waals surface area contributed by atoms with Crippen LogP contribution in [-0.4, -0.2) is 15.7 Å². The van der Waals surface area contributed by atoms with Gasteiger partial charge in [0.2, 0.25) is 0 Å². The first-order valence-electron chi connectivity index (χ1n) is 8.28. The van der Waals surface area contributed by atoms with Crippen molar-refractivity contribution in [1.29, 1.82) is 0 Å². The Morgan fingerprint density at radius 1 is 1.00 bits per heavy atom. The number of hydrogen-bond donors (Lipinski definition) is 0. The number of benzene rings is 2. The van der Waals surface area contributed by atoms with Crippen LogP contribution in [0, 0.1) is 6.92 Å². The Morgan fingerprint density at radius 2 is 1.69 bits per heavy atom. The van der Waals surface area contributed by atoms with Crippen molar-refractivity contribution in [3.05, 3.63) is 97.8 Å². The molecule has 0 bridgehead atoms. The fourth-order valence-corrected chi connectivity index (χ4v) is 2.78. The largest absolute Gasteiger partial charge is 0.492 e. The fraction of sp³-hybridized carbons (Fsp3) is 0.200. The van der Waals surface area contributed by atoms with E-state index in [0.29, 0.717) is 29.5 Å². The third-order valence-electron chi connectivity index (χ3n) is 4.01. The fourth-order valence-electron chi connectivity index (χ4n) is 2.66. The predicted octanol–water partition coefficient (Wildman–Crippen LogP) is 3.10. The Kier molecular flexibility index (Phi) is 5.58. The van der Waals surface area contributed by atoms with E-state index in [1.165, 1.54) is 9.13 Å².